The number of hydrogen-bond acceptors (Lipinski definition) is 10. The number of nitrogens with two attached hydrogens (primary N) is 1. The summed E-state index contributed by atoms with van der Waals surface area (Å²) in [4.78, 5) is 75.5. The van der Waals surface area contributed by atoms with Crippen molar-refractivity contribution >= 4 is 52.1 Å². The van der Waals surface area contributed by atoms with Crippen LogP contribution < -0.4 is 21.3 Å². The van der Waals surface area contributed by atoms with Gasteiger partial charge in [-0.2, -0.15) is 0 Å². The van der Waals surface area contributed by atoms with E-state index in [9.17, 15) is 19.2 Å². The van der Waals surface area contributed by atoms with Gasteiger partial charge in [-0.25, -0.2) is 14.4 Å². The predicted molar refractivity (Wildman–Crippen MR) is 275 cm³/mol. The number of aromatic amines is 1. The monoisotopic (exact) mass is 1010 g/mol. The fraction of sp³-hybridized carbons (Fsp3) is 0.600. The first-order chi connectivity index (χ1) is 35.0. The molecule has 4 aliphatic heterocycles. The van der Waals surface area contributed by atoms with Gasteiger partial charge < -0.3 is 45.7 Å². The molecule has 386 valence electrons. The number of nitrogens with one attached hydrogen (secondary N) is 3. The van der Waals surface area contributed by atoms with Gasteiger partial charge in [0.15, 0.2) is 0 Å². The molecule has 0 bridgehead atoms. The fourth-order valence-corrected chi connectivity index (χ4v) is 12.3. The lowest BCUT2D eigenvalue weighted by molar-refractivity contribution is -0.139. The van der Waals surface area contributed by atoms with E-state index in [0.717, 1.165) is 113 Å². The quantitative estimate of drug-likeness (QED) is 0.0947. The second-order valence-electron chi connectivity index (χ2n) is 21.6. The molecule has 2 aliphatic carbocycles. The van der Waals surface area contributed by atoms with Crippen LogP contribution in [-0.4, -0.2) is 136 Å². The molecule has 6 aliphatic rings. The second-order valence-corrected chi connectivity index (χ2v) is 22.0. The molecule has 6 fully saturated rings. The zero-order valence-corrected chi connectivity index (χ0v) is 42.3. The van der Waals surface area contributed by atoms with Crippen molar-refractivity contribution in [3.05, 3.63) is 88.6 Å². The number of halogens is 2. The number of piperidine rings is 4. The van der Waals surface area contributed by atoms with Crippen LogP contribution >= 0.6 is 11.6 Å². The average molecular weight is 1010 g/mol. The summed E-state index contributed by atoms with van der Waals surface area (Å²) in [7, 11) is 0. The third kappa shape index (κ3) is 11.6. The van der Waals surface area contributed by atoms with Gasteiger partial charge in [0.25, 0.3) is 5.91 Å². The molecule has 0 radical (unpaired) electrons. The Kier molecular flexibility index (Phi) is 15.8. The normalized spacial score (nSPS) is 21.9. The summed E-state index contributed by atoms with van der Waals surface area (Å²) in [6.45, 7) is 6.07. The predicted octanol–water partition coefficient (Wildman–Crippen LogP) is 7.26. The standard InChI is InChI=1S/C55H72ClFN10O5/c56-40-13-11-37(12-14-40)46(62-54(71)55(58)23-33-65(34-24-55)50-45-15-25-59-49(45)60-35-61-50)22-28-64-26-18-41(19-27-64)72-42-20-31-67(32-21-42)53(70)48(38-5-2-1-3-6-38)63-51(68)44-8-4-7-43(47(44)57)36-16-29-66(30-17-36)52(69)39-9-10-39/h4,7-8,11-15,25,35-36,38-39,41-42,46,48H,1-3,5-6,9-10,16-24,26-34,58H2,(H,62,71)(H,63,68)(H,59,60,61)/t46-,48+/m0/s1. The van der Waals surface area contributed by atoms with Gasteiger partial charge in [0, 0.05) is 76.0 Å². The first kappa shape index (κ1) is 50.4. The Balaban J connectivity index is 0.688. The summed E-state index contributed by atoms with van der Waals surface area (Å²) in [6, 6.07) is 13.7. The Morgan fingerprint density at radius 2 is 1.47 bits per heavy atom. The topological polar surface area (TPSA) is 182 Å². The van der Waals surface area contributed by atoms with Crippen molar-refractivity contribution in [3.8, 4) is 0 Å². The minimum atomic E-state index is -1.01. The largest absolute Gasteiger partial charge is 0.375 e. The van der Waals surface area contributed by atoms with E-state index in [4.69, 9.17) is 22.1 Å². The second kappa shape index (κ2) is 22.5. The van der Waals surface area contributed by atoms with Crippen LogP contribution in [0.25, 0.3) is 11.0 Å². The average Bonchev–Trinajstić information content (AvgIpc) is 4.15. The van der Waals surface area contributed by atoms with Crippen LogP contribution in [0.1, 0.15) is 136 Å². The summed E-state index contributed by atoms with van der Waals surface area (Å²) in [5.41, 5.74) is 8.15. The smallest absolute Gasteiger partial charge is 0.254 e. The highest BCUT2D eigenvalue weighted by atomic mass is 35.5. The van der Waals surface area contributed by atoms with Gasteiger partial charge in [-0.15, -0.1) is 0 Å². The van der Waals surface area contributed by atoms with Crippen molar-refractivity contribution in [2.75, 3.05) is 63.8 Å². The van der Waals surface area contributed by atoms with Crippen LogP contribution in [0.5, 0.6) is 0 Å². The maximum absolute atomic E-state index is 16.3. The molecule has 17 heteroatoms. The summed E-state index contributed by atoms with van der Waals surface area (Å²) < 4.78 is 23.0. The molecule has 15 nitrogen and oxygen atoms in total. The van der Waals surface area contributed by atoms with E-state index in [0.29, 0.717) is 82.0 Å². The number of rotatable bonds is 15. The van der Waals surface area contributed by atoms with Gasteiger partial charge in [0.05, 0.1) is 34.7 Å². The summed E-state index contributed by atoms with van der Waals surface area (Å²) in [5.74, 6) is -0.107. The molecule has 10 rings (SSSR count). The number of ether oxygens (including phenoxy) is 1. The number of carbonyl (C=O) groups excluding carboxylic acids is 4. The van der Waals surface area contributed by atoms with Crippen LogP contribution in [0.2, 0.25) is 5.02 Å². The molecular weight excluding hydrogens is 935 g/mol. The number of carbonyl (C=O) groups is 4. The number of likely N-dealkylation sites (tertiary alicyclic amines) is 3. The Morgan fingerprint density at radius 3 is 2.17 bits per heavy atom. The van der Waals surface area contributed by atoms with Crippen molar-refractivity contribution in [2.24, 2.45) is 17.6 Å². The van der Waals surface area contributed by atoms with E-state index in [2.05, 4.69) is 35.4 Å². The first-order valence-corrected chi connectivity index (χ1v) is 27.3. The number of nitrogens with zero attached hydrogens (tertiary/aromatic N) is 6. The molecule has 0 spiro atoms. The van der Waals surface area contributed by atoms with Crippen LogP contribution in [0, 0.1) is 17.7 Å². The maximum Gasteiger partial charge on any atom is 0.254 e. The van der Waals surface area contributed by atoms with E-state index in [-0.39, 0.29) is 59.3 Å². The Labute approximate surface area is 427 Å². The van der Waals surface area contributed by atoms with Crippen LogP contribution in [0.3, 0.4) is 0 Å². The Hall–Kier alpha value is -5.16. The molecule has 72 heavy (non-hydrogen) atoms. The van der Waals surface area contributed by atoms with Crippen molar-refractivity contribution in [3.63, 3.8) is 0 Å². The van der Waals surface area contributed by atoms with E-state index >= 15 is 4.39 Å². The highest BCUT2D eigenvalue weighted by Crippen LogP contribution is 2.37. The van der Waals surface area contributed by atoms with Crippen LogP contribution in [0.15, 0.2) is 61.1 Å². The minimum absolute atomic E-state index is 0.000590. The third-order valence-electron chi connectivity index (χ3n) is 16.8. The number of H-pyrrole nitrogens is 1. The Bertz CT molecular complexity index is 2520. The molecule has 0 unspecified atom stereocenters. The van der Waals surface area contributed by atoms with Crippen molar-refractivity contribution in [1.82, 2.24) is 40.3 Å². The van der Waals surface area contributed by atoms with Crippen molar-refractivity contribution in [1.29, 1.82) is 0 Å². The zero-order valence-electron chi connectivity index (χ0n) is 41.6. The van der Waals surface area contributed by atoms with Gasteiger partial charge in [-0.3, -0.25) is 19.2 Å². The molecule has 2 aromatic carbocycles. The lowest BCUT2D eigenvalue weighted by atomic mass is 9.82. The van der Waals surface area contributed by atoms with Gasteiger partial charge in [0.2, 0.25) is 17.7 Å². The number of amides is 4. The number of hydrogen-bond donors (Lipinski definition) is 4. The molecule has 4 amide bonds. The zero-order chi connectivity index (χ0) is 49.8. The molecule has 4 aromatic rings. The number of aromatic nitrogens is 3. The maximum atomic E-state index is 16.3. The highest BCUT2D eigenvalue weighted by Gasteiger charge is 2.41. The minimum Gasteiger partial charge on any atom is -0.375 e. The van der Waals surface area contributed by atoms with E-state index in [1.807, 2.05) is 46.3 Å². The SMILES string of the molecule is NC1(C(=O)N[C@@H](CCN2CCC(OC3CCN(C(=O)[C@H](NC(=O)c4cccc(C5CCN(C(=O)C6CC6)CC5)c4F)C4CCCCC4)CC3)CC2)c2ccc(Cl)cc2)CCN(c2ncnc3[nH]ccc23)CC1. The van der Waals surface area contributed by atoms with Gasteiger partial charge in [-0.1, -0.05) is 55.1 Å². The molecule has 5 N–H and O–H groups in total. The summed E-state index contributed by atoms with van der Waals surface area (Å²) >= 11 is 6.29. The van der Waals surface area contributed by atoms with E-state index in [1.165, 1.54) is 6.07 Å². The highest BCUT2D eigenvalue weighted by molar-refractivity contribution is 6.30. The van der Waals surface area contributed by atoms with Gasteiger partial charge in [-0.05, 0) is 131 Å². The lowest BCUT2D eigenvalue weighted by Crippen LogP contribution is -2.60. The number of fused-ring (bicyclic) bond motifs is 1. The van der Waals surface area contributed by atoms with Crippen LogP contribution in [0.4, 0.5) is 10.2 Å². The van der Waals surface area contributed by atoms with Crippen LogP contribution in [-0.2, 0) is 19.1 Å². The first-order valence-electron chi connectivity index (χ1n) is 26.9. The van der Waals surface area contributed by atoms with E-state index < -0.39 is 23.3 Å². The Morgan fingerprint density at radius 1 is 0.792 bits per heavy atom. The van der Waals surface area contributed by atoms with Crippen molar-refractivity contribution < 1.29 is 28.3 Å². The number of anilines is 1. The van der Waals surface area contributed by atoms with E-state index in [1.54, 1.807) is 18.5 Å². The molecule has 2 saturated carbocycles. The summed E-state index contributed by atoms with van der Waals surface area (Å²) in [5, 5.41) is 8.00. The number of benzene rings is 2. The molecular formula is C55H72ClFN10O5. The summed E-state index contributed by atoms with van der Waals surface area (Å²) in [6.07, 6.45) is 16.6. The molecule has 4 saturated heterocycles. The van der Waals surface area contributed by atoms with Gasteiger partial charge >= 0.3 is 0 Å². The molecule has 2 atom stereocenters. The fourth-order valence-electron chi connectivity index (χ4n) is 12.1. The molecule has 2 aromatic heterocycles. The third-order valence-corrected chi connectivity index (χ3v) is 17.1. The van der Waals surface area contributed by atoms with Crippen molar-refractivity contribution in [2.45, 2.75) is 138 Å². The van der Waals surface area contributed by atoms with Gasteiger partial charge in [0.1, 0.15) is 29.7 Å². The molecule has 6 heterocycles. The lowest BCUT2D eigenvalue weighted by Gasteiger charge is -2.40.